The van der Waals surface area contributed by atoms with Crippen molar-refractivity contribution in [3.63, 3.8) is 0 Å². The number of aliphatic hydroxyl groups is 1. The summed E-state index contributed by atoms with van der Waals surface area (Å²) < 4.78 is 5.33. The third-order valence-corrected chi connectivity index (χ3v) is 2.54. The number of nitrogens with one attached hydrogen (secondary N) is 1. The van der Waals surface area contributed by atoms with Crippen molar-refractivity contribution >= 4 is 0 Å². The van der Waals surface area contributed by atoms with Gasteiger partial charge >= 0.3 is 0 Å². The maximum Gasteiger partial charge on any atom is 0.153 e. The van der Waals surface area contributed by atoms with Crippen molar-refractivity contribution in [3.8, 4) is 6.07 Å². The van der Waals surface area contributed by atoms with E-state index in [4.69, 9.17) is 15.1 Å². The quantitative estimate of drug-likeness (QED) is 0.687. The van der Waals surface area contributed by atoms with Crippen LogP contribution in [0.5, 0.6) is 0 Å². The summed E-state index contributed by atoms with van der Waals surface area (Å²) in [5.41, 5.74) is -0.878. The van der Waals surface area contributed by atoms with Crippen molar-refractivity contribution < 1.29 is 9.84 Å². The lowest BCUT2D eigenvalue weighted by Gasteiger charge is -2.36. The topological polar surface area (TPSA) is 65.3 Å². The van der Waals surface area contributed by atoms with Crippen LogP contribution in [0, 0.1) is 11.3 Å². The Hall–Kier alpha value is -0.630. The number of hydrogen-bond donors (Lipinski definition) is 2. The molecule has 0 aromatic heterocycles. The van der Waals surface area contributed by atoms with Crippen molar-refractivity contribution in [2.75, 3.05) is 19.8 Å². The molecule has 0 radical (unpaired) electrons. The maximum atomic E-state index is 9.12. The van der Waals surface area contributed by atoms with Crippen molar-refractivity contribution in [2.45, 2.75) is 37.8 Å². The summed E-state index contributed by atoms with van der Waals surface area (Å²) in [5, 5.41) is 21.2. The first kappa shape index (κ1) is 11.4. The van der Waals surface area contributed by atoms with E-state index in [2.05, 4.69) is 18.3 Å². The molecule has 1 aliphatic heterocycles. The fraction of sp³-hybridized carbons (Fsp3) is 0.900. The molecule has 0 aliphatic carbocycles. The number of ether oxygens (including phenoxy) is 1. The molecule has 1 rings (SSSR count). The van der Waals surface area contributed by atoms with Gasteiger partial charge in [-0.05, 0) is 6.42 Å². The van der Waals surface area contributed by atoms with Gasteiger partial charge in [0.05, 0.1) is 25.9 Å². The van der Waals surface area contributed by atoms with E-state index in [9.17, 15) is 0 Å². The zero-order valence-electron chi connectivity index (χ0n) is 8.62. The molecule has 2 N–H and O–H groups in total. The molecular weight excluding hydrogens is 180 g/mol. The summed E-state index contributed by atoms with van der Waals surface area (Å²) >= 11 is 0. The summed E-state index contributed by atoms with van der Waals surface area (Å²) in [4.78, 5) is 0. The molecule has 0 saturated carbocycles. The fourth-order valence-electron chi connectivity index (χ4n) is 1.65. The first-order valence-corrected chi connectivity index (χ1v) is 5.14. The Kier molecular flexibility index (Phi) is 4.33. The van der Waals surface area contributed by atoms with Crippen LogP contribution < -0.4 is 5.32 Å². The smallest absolute Gasteiger partial charge is 0.153 e. The summed E-state index contributed by atoms with van der Waals surface area (Å²) in [6, 6.07) is 2.29. The van der Waals surface area contributed by atoms with Crippen molar-refractivity contribution in [1.82, 2.24) is 5.32 Å². The second kappa shape index (κ2) is 5.30. The minimum atomic E-state index is -0.878. The van der Waals surface area contributed by atoms with E-state index in [-0.39, 0.29) is 19.3 Å². The van der Waals surface area contributed by atoms with E-state index >= 15 is 0 Å². The van der Waals surface area contributed by atoms with E-state index in [1.165, 1.54) is 0 Å². The van der Waals surface area contributed by atoms with E-state index in [0.717, 1.165) is 19.3 Å². The Morgan fingerprint density at radius 2 is 2.50 bits per heavy atom. The van der Waals surface area contributed by atoms with Crippen LogP contribution in [0.3, 0.4) is 0 Å². The highest BCUT2D eigenvalue weighted by molar-refractivity contribution is 5.10. The second-order valence-corrected chi connectivity index (χ2v) is 3.85. The Labute approximate surface area is 84.9 Å². The van der Waals surface area contributed by atoms with Gasteiger partial charge in [0.1, 0.15) is 0 Å². The highest BCUT2D eigenvalue weighted by Gasteiger charge is 2.35. The molecule has 14 heavy (non-hydrogen) atoms. The van der Waals surface area contributed by atoms with Crippen LogP contribution in [0.25, 0.3) is 0 Å². The SMILES string of the molecule is CCCC[C@H]1COC[C@@](C#N)(CO)N1. The number of unbranched alkanes of at least 4 members (excludes halogenated alkanes) is 1. The average molecular weight is 198 g/mol. The Balaban J connectivity index is 2.46. The van der Waals surface area contributed by atoms with Gasteiger partial charge in [-0.15, -0.1) is 0 Å². The molecule has 0 amide bonds. The molecule has 1 fully saturated rings. The largest absolute Gasteiger partial charge is 0.393 e. The molecule has 1 heterocycles. The van der Waals surface area contributed by atoms with Gasteiger partial charge < -0.3 is 9.84 Å². The fourth-order valence-corrected chi connectivity index (χ4v) is 1.65. The van der Waals surface area contributed by atoms with Gasteiger partial charge in [-0.3, -0.25) is 5.32 Å². The molecule has 0 aromatic rings. The van der Waals surface area contributed by atoms with E-state index in [1.54, 1.807) is 0 Å². The van der Waals surface area contributed by atoms with Crippen LogP contribution >= 0.6 is 0 Å². The lowest BCUT2D eigenvalue weighted by molar-refractivity contribution is -0.00349. The van der Waals surface area contributed by atoms with Crippen LogP contribution in [-0.2, 0) is 4.74 Å². The van der Waals surface area contributed by atoms with Crippen molar-refractivity contribution in [2.24, 2.45) is 0 Å². The Morgan fingerprint density at radius 1 is 1.71 bits per heavy atom. The number of aliphatic hydroxyl groups excluding tert-OH is 1. The number of nitrogens with zero attached hydrogens (tertiary/aromatic N) is 1. The molecule has 1 aliphatic rings. The van der Waals surface area contributed by atoms with Gasteiger partial charge in [0.25, 0.3) is 0 Å². The highest BCUT2D eigenvalue weighted by atomic mass is 16.5. The summed E-state index contributed by atoms with van der Waals surface area (Å²) in [5.74, 6) is 0. The van der Waals surface area contributed by atoms with Gasteiger partial charge in [0.15, 0.2) is 5.54 Å². The summed E-state index contributed by atoms with van der Waals surface area (Å²) in [7, 11) is 0. The molecule has 0 bridgehead atoms. The standard InChI is InChI=1S/C10H18N2O2/c1-2-3-4-9-5-14-8-10(6-11,7-13)12-9/h9,12-13H,2-5,7-8H2,1H3/t9-,10+/m0/s1. The summed E-state index contributed by atoms with van der Waals surface area (Å²) in [6.45, 7) is 2.87. The number of morpholine rings is 1. The Bertz CT molecular complexity index is 215. The van der Waals surface area contributed by atoms with E-state index in [0.29, 0.717) is 6.61 Å². The molecule has 1 saturated heterocycles. The first-order valence-electron chi connectivity index (χ1n) is 5.14. The van der Waals surface area contributed by atoms with E-state index < -0.39 is 5.54 Å². The summed E-state index contributed by atoms with van der Waals surface area (Å²) in [6.07, 6.45) is 3.25. The number of hydrogen-bond acceptors (Lipinski definition) is 4. The van der Waals surface area contributed by atoms with Gasteiger partial charge in [-0.2, -0.15) is 5.26 Å². The van der Waals surface area contributed by atoms with Gasteiger partial charge in [-0.25, -0.2) is 0 Å². The third-order valence-electron chi connectivity index (χ3n) is 2.54. The van der Waals surface area contributed by atoms with Crippen molar-refractivity contribution in [1.29, 1.82) is 5.26 Å². The lowest BCUT2D eigenvalue weighted by Crippen LogP contribution is -2.60. The van der Waals surface area contributed by atoms with Crippen molar-refractivity contribution in [3.05, 3.63) is 0 Å². The van der Waals surface area contributed by atoms with Gasteiger partial charge in [0, 0.05) is 6.04 Å². The van der Waals surface area contributed by atoms with Crippen LogP contribution in [-0.4, -0.2) is 36.5 Å². The predicted molar refractivity (Wildman–Crippen MR) is 52.7 cm³/mol. The molecule has 0 aromatic carbocycles. The van der Waals surface area contributed by atoms with Gasteiger partial charge in [0.2, 0.25) is 0 Å². The van der Waals surface area contributed by atoms with Crippen LogP contribution in [0.2, 0.25) is 0 Å². The number of nitriles is 1. The minimum absolute atomic E-state index is 0.188. The molecule has 0 spiro atoms. The maximum absolute atomic E-state index is 9.12. The minimum Gasteiger partial charge on any atom is -0.393 e. The Morgan fingerprint density at radius 3 is 3.07 bits per heavy atom. The predicted octanol–water partition coefficient (Wildman–Crippen LogP) is 0.420. The first-order chi connectivity index (χ1) is 6.76. The van der Waals surface area contributed by atoms with Crippen LogP contribution in [0.15, 0.2) is 0 Å². The average Bonchev–Trinajstić information content (AvgIpc) is 2.26. The van der Waals surface area contributed by atoms with E-state index in [1.807, 2.05) is 0 Å². The monoisotopic (exact) mass is 198 g/mol. The highest BCUT2D eigenvalue weighted by Crippen LogP contribution is 2.14. The zero-order chi connectivity index (χ0) is 10.4. The van der Waals surface area contributed by atoms with Crippen LogP contribution in [0.1, 0.15) is 26.2 Å². The molecule has 0 unspecified atom stereocenters. The van der Waals surface area contributed by atoms with Gasteiger partial charge in [-0.1, -0.05) is 19.8 Å². The molecule has 4 nitrogen and oxygen atoms in total. The normalized spacial score (nSPS) is 32.5. The third kappa shape index (κ3) is 2.68. The molecule has 4 heteroatoms. The lowest BCUT2D eigenvalue weighted by atomic mass is 9.98. The zero-order valence-corrected chi connectivity index (χ0v) is 8.62. The number of rotatable bonds is 4. The molecule has 80 valence electrons. The molecular formula is C10H18N2O2. The second-order valence-electron chi connectivity index (χ2n) is 3.85. The van der Waals surface area contributed by atoms with Crippen LogP contribution in [0.4, 0.5) is 0 Å². The molecule has 2 atom stereocenters.